The van der Waals surface area contributed by atoms with Gasteiger partial charge in [0.25, 0.3) is 11.8 Å². The number of nitrogens with one attached hydrogen (secondary N) is 1. The van der Waals surface area contributed by atoms with Gasteiger partial charge >= 0.3 is 29.6 Å². The maximum Gasteiger partial charge on any atom is 1.00 e. The van der Waals surface area contributed by atoms with E-state index >= 15 is 0 Å². The van der Waals surface area contributed by atoms with Crippen molar-refractivity contribution in [3.8, 4) is 0 Å². The second-order valence-electron chi connectivity index (χ2n) is 6.12. The molecule has 138 valence electrons. The molecule has 0 saturated carbocycles. The summed E-state index contributed by atoms with van der Waals surface area (Å²) in [6, 6.07) is 5.02. The number of aliphatic carboxylic acids is 1. The van der Waals surface area contributed by atoms with E-state index in [-0.39, 0.29) is 40.7 Å². The number of β-lactam (4-membered cyclic amide) rings is 1. The summed E-state index contributed by atoms with van der Waals surface area (Å²) in [6.45, 7) is 0.996. The minimum Gasteiger partial charge on any atom is -0.543 e. The number of aliphatic hydroxyl groups excluding tert-OH is 1. The summed E-state index contributed by atoms with van der Waals surface area (Å²) < 4.78 is 24.8. The van der Waals surface area contributed by atoms with Crippen molar-refractivity contribution in [3.05, 3.63) is 46.7 Å². The van der Waals surface area contributed by atoms with Crippen LogP contribution in [0.15, 0.2) is 35.5 Å². The minimum atomic E-state index is -3.99. The van der Waals surface area contributed by atoms with E-state index in [4.69, 9.17) is 0 Å². The molecule has 1 saturated heterocycles. The SMILES string of the molecule is Cc1ccc(C(=O)N[C@H]2C(=O)N3C(C(=O)[O-])=C(CO)CS(=O)(=O)[C@@H]23)cc1.[Na+]. The molecule has 0 aromatic heterocycles. The van der Waals surface area contributed by atoms with Crippen LogP contribution in [0, 0.1) is 6.92 Å². The standard InChI is InChI=1S/C16H16N2O7S.Na/c1-8-2-4-9(5-3-8)13(20)17-11-14(21)18-12(16(22)23)10(6-19)7-26(24,25)15(11)18;/h2-5,11,15,19H,6-7H2,1H3,(H,17,20)(H,22,23);/q;+1/p-1/t11-,15-;/m0./s1. The molecule has 2 amide bonds. The second-order valence-corrected chi connectivity index (χ2v) is 8.22. The van der Waals surface area contributed by atoms with Crippen LogP contribution in [0.4, 0.5) is 0 Å². The third kappa shape index (κ3) is 3.67. The molecule has 0 radical (unpaired) electrons. The molecule has 0 unspecified atom stereocenters. The van der Waals surface area contributed by atoms with Gasteiger partial charge in [-0.2, -0.15) is 0 Å². The van der Waals surface area contributed by atoms with Gasteiger partial charge in [0.05, 0.1) is 24.0 Å². The number of carboxylic acid groups (broad SMARTS) is 1. The number of hydrogen-bond donors (Lipinski definition) is 2. The zero-order valence-corrected chi connectivity index (χ0v) is 17.4. The number of nitrogens with zero attached hydrogens (tertiary/aromatic N) is 1. The van der Waals surface area contributed by atoms with Gasteiger partial charge < -0.3 is 20.3 Å². The Morgan fingerprint density at radius 1 is 1.30 bits per heavy atom. The van der Waals surface area contributed by atoms with Gasteiger partial charge in [-0.3, -0.25) is 14.5 Å². The van der Waals surface area contributed by atoms with Crippen molar-refractivity contribution >= 4 is 27.6 Å². The van der Waals surface area contributed by atoms with E-state index in [1.165, 1.54) is 12.1 Å². The van der Waals surface area contributed by atoms with Gasteiger partial charge in [0.1, 0.15) is 6.04 Å². The number of carbonyl (C=O) groups excluding carboxylic acids is 3. The van der Waals surface area contributed by atoms with Crippen LogP contribution in [0.2, 0.25) is 0 Å². The van der Waals surface area contributed by atoms with Crippen molar-refractivity contribution in [2.45, 2.75) is 18.3 Å². The quantitative estimate of drug-likeness (QED) is 0.378. The van der Waals surface area contributed by atoms with Crippen LogP contribution in [0.25, 0.3) is 0 Å². The van der Waals surface area contributed by atoms with Crippen LogP contribution in [0.5, 0.6) is 0 Å². The number of fused-ring (bicyclic) bond motifs is 1. The Hall–Kier alpha value is -1.72. The number of amides is 2. The third-order valence-electron chi connectivity index (χ3n) is 4.35. The molecule has 0 aliphatic carbocycles. The van der Waals surface area contributed by atoms with Crippen molar-refractivity contribution < 1.29 is 62.6 Å². The first kappa shape index (κ1) is 21.6. The normalized spacial score (nSPS) is 23.0. The first-order valence-corrected chi connectivity index (χ1v) is 9.35. The number of rotatable bonds is 4. The largest absolute Gasteiger partial charge is 1.00 e. The van der Waals surface area contributed by atoms with E-state index < -0.39 is 57.1 Å². The van der Waals surface area contributed by atoms with Gasteiger partial charge in [0, 0.05) is 5.56 Å². The molecular weight excluding hydrogens is 387 g/mol. The van der Waals surface area contributed by atoms with Crippen molar-refractivity contribution in [1.29, 1.82) is 0 Å². The van der Waals surface area contributed by atoms with E-state index in [1.807, 2.05) is 6.92 Å². The first-order chi connectivity index (χ1) is 12.2. The second kappa shape index (κ2) is 7.72. The van der Waals surface area contributed by atoms with Gasteiger partial charge in [-0.1, -0.05) is 17.7 Å². The van der Waals surface area contributed by atoms with Gasteiger partial charge in [0.15, 0.2) is 15.2 Å². The molecule has 27 heavy (non-hydrogen) atoms. The Labute approximate surface area is 177 Å². The summed E-state index contributed by atoms with van der Waals surface area (Å²) in [5.74, 6) is -4.02. The van der Waals surface area contributed by atoms with Crippen LogP contribution < -0.4 is 40.0 Å². The number of aryl methyl sites for hydroxylation is 1. The van der Waals surface area contributed by atoms with Crippen molar-refractivity contribution in [1.82, 2.24) is 10.2 Å². The van der Waals surface area contributed by atoms with E-state index in [0.29, 0.717) is 4.90 Å². The van der Waals surface area contributed by atoms with Gasteiger partial charge in [0.2, 0.25) is 0 Å². The maximum atomic E-state index is 12.4. The van der Waals surface area contributed by atoms with Gasteiger partial charge in [-0.15, -0.1) is 0 Å². The molecule has 2 aliphatic rings. The van der Waals surface area contributed by atoms with E-state index in [0.717, 1.165) is 5.56 Å². The van der Waals surface area contributed by atoms with Crippen molar-refractivity contribution in [2.75, 3.05) is 12.4 Å². The predicted octanol–water partition coefficient (Wildman–Crippen LogP) is -5.31. The summed E-state index contributed by atoms with van der Waals surface area (Å²) >= 11 is 0. The average Bonchev–Trinajstić information content (AvgIpc) is 2.58. The van der Waals surface area contributed by atoms with E-state index in [2.05, 4.69) is 5.32 Å². The summed E-state index contributed by atoms with van der Waals surface area (Å²) in [7, 11) is -3.99. The summed E-state index contributed by atoms with van der Waals surface area (Å²) in [5.41, 5.74) is 0.181. The number of carboxylic acids is 1. The molecule has 1 fully saturated rings. The molecule has 2 N–H and O–H groups in total. The number of carbonyl (C=O) groups is 3. The Morgan fingerprint density at radius 2 is 1.89 bits per heavy atom. The third-order valence-corrected chi connectivity index (χ3v) is 6.32. The molecule has 1 aromatic carbocycles. The number of benzene rings is 1. The van der Waals surface area contributed by atoms with Crippen LogP contribution in [-0.2, 0) is 19.4 Å². The minimum absolute atomic E-state index is 0. The molecule has 1 aromatic rings. The maximum absolute atomic E-state index is 12.4. The average molecular weight is 402 g/mol. The monoisotopic (exact) mass is 402 g/mol. The van der Waals surface area contributed by atoms with Crippen LogP contribution in [-0.4, -0.2) is 60.0 Å². The molecular formula is C16H15N2NaO7S. The van der Waals surface area contributed by atoms with Gasteiger partial charge in [-0.05, 0) is 24.6 Å². The smallest absolute Gasteiger partial charge is 0.543 e. The Bertz CT molecular complexity index is 940. The van der Waals surface area contributed by atoms with Crippen LogP contribution >= 0.6 is 0 Å². The van der Waals surface area contributed by atoms with Crippen molar-refractivity contribution in [2.24, 2.45) is 0 Å². The van der Waals surface area contributed by atoms with Crippen molar-refractivity contribution in [3.63, 3.8) is 0 Å². The molecule has 2 atom stereocenters. The molecule has 3 rings (SSSR count). The van der Waals surface area contributed by atoms with E-state index in [9.17, 15) is 33.0 Å². The molecule has 2 aliphatic heterocycles. The topological polar surface area (TPSA) is 144 Å². The van der Waals surface area contributed by atoms with E-state index in [1.54, 1.807) is 12.1 Å². The Morgan fingerprint density at radius 3 is 2.41 bits per heavy atom. The zero-order valence-electron chi connectivity index (χ0n) is 14.6. The molecule has 2 heterocycles. The fraction of sp³-hybridized carbons (Fsp3) is 0.312. The van der Waals surface area contributed by atoms with Crippen LogP contribution in [0.1, 0.15) is 15.9 Å². The molecule has 0 bridgehead atoms. The summed E-state index contributed by atoms with van der Waals surface area (Å²) in [4.78, 5) is 36.4. The fourth-order valence-electron chi connectivity index (χ4n) is 3.06. The number of hydrogen-bond acceptors (Lipinski definition) is 7. The van der Waals surface area contributed by atoms with Gasteiger partial charge in [-0.25, -0.2) is 8.42 Å². The summed E-state index contributed by atoms with van der Waals surface area (Å²) in [5, 5.41) is 21.3. The fourth-order valence-corrected chi connectivity index (χ4v) is 5.08. The molecule has 9 nitrogen and oxygen atoms in total. The number of aliphatic hydroxyl groups is 1. The Kier molecular flexibility index (Phi) is 6.17. The Balaban J connectivity index is 0.00000261. The van der Waals surface area contributed by atoms with Crippen LogP contribution in [0.3, 0.4) is 0 Å². The zero-order chi connectivity index (χ0) is 19.2. The summed E-state index contributed by atoms with van der Waals surface area (Å²) in [6.07, 6.45) is 0. The number of sulfone groups is 1. The first-order valence-electron chi connectivity index (χ1n) is 7.64. The predicted molar refractivity (Wildman–Crippen MR) is 86.0 cm³/mol. The molecule has 11 heteroatoms. The molecule has 0 spiro atoms.